The van der Waals surface area contributed by atoms with Crippen LogP contribution in [0.5, 0.6) is 0 Å². The first-order valence-corrected chi connectivity index (χ1v) is 7.26. The number of aliphatic hydroxyl groups is 1. The van der Waals surface area contributed by atoms with Crippen LogP contribution < -0.4 is 5.01 Å². The van der Waals surface area contributed by atoms with Crippen LogP contribution in [0.2, 0.25) is 10.0 Å². The van der Waals surface area contributed by atoms with Crippen molar-refractivity contribution in [2.75, 3.05) is 5.01 Å². The Bertz CT molecular complexity index is 838. The van der Waals surface area contributed by atoms with Gasteiger partial charge in [-0.1, -0.05) is 41.4 Å². The summed E-state index contributed by atoms with van der Waals surface area (Å²) in [6.45, 7) is 0. The van der Waals surface area contributed by atoms with Crippen LogP contribution in [0.4, 0.5) is 5.69 Å². The van der Waals surface area contributed by atoms with Gasteiger partial charge in [0.05, 0.1) is 16.7 Å². The molecule has 0 bridgehead atoms. The van der Waals surface area contributed by atoms with Gasteiger partial charge in [-0.05, 0) is 24.3 Å². The van der Waals surface area contributed by atoms with Gasteiger partial charge < -0.3 is 5.11 Å². The van der Waals surface area contributed by atoms with Gasteiger partial charge in [-0.3, -0.25) is 4.79 Å². The number of carbonyl (C=O) groups is 1. The zero-order valence-corrected chi connectivity index (χ0v) is 13.0. The number of nitrogens with zero attached hydrogens (tertiary/aromatic N) is 3. The molecule has 23 heavy (non-hydrogen) atoms. The maximum Gasteiger partial charge on any atom is 0.301 e. The molecule has 1 N–H and O–H groups in total. The molecule has 1 unspecified atom stereocenters. The van der Waals surface area contributed by atoms with Crippen molar-refractivity contribution in [1.29, 1.82) is 0 Å². The highest BCUT2D eigenvalue weighted by atomic mass is 35.5. The Balaban J connectivity index is 2.32. The number of halogens is 2. The van der Waals surface area contributed by atoms with Crippen molar-refractivity contribution in [3.8, 4) is 0 Å². The third-order valence-electron chi connectivity index (χ3n) is 3.33. The molecular formula is C15H9Cl2N3O3. The first kappa shape index (κ1) is 15.6. The number of rotatable bonds is 2. The SMILES string of the molecule is O=NN1C(=O)C(O)N=C(c2ccccc2Cl)c2cc(Cl)ccc21. The lowest BCUT2D eigenvalue weighted by molar-refractivity contribution is -0.126. The number of hydrogen-bond acceptors (Lipinski definition) is 5. The molecule has 0 aliphatic carbocycles. The molecule has 0 spiro atoms. The molecule has 8 heteroatoms. The number of benzene rings is 2. The zero-order chi connectivity index (χ0) is 16.6. The van der Waals surface area contributed by atoms with Crippen molar-refractivity contribution < 1.29 is 9.90 Å². The molecule has 1 aliphatic heterocycles. The Labute approximate surface area is 140 Å². The summed E-state index contributed by atoms with van der Waals surface area (Å²) in [6, 6.07) is 11.3. The van der Waals surface area contributed by atoms with Crippen LogP contribution in [0.25, 0.3) is 0 Å². The van der Waals surface area contributed by atoms with E-state index in [-0.39, 0.29) is 11.4 Å². The second kappa shape index (κ2) is 6.08. The highest BCUT2D eigenvalue weighted by Crippen LogP contribution is 2.32. The lowest BCUT2D eigenvalue weighted by Gasteiger charge is -2.15. The number of nitroso groups, excluding NO2 is 1. The standard InChI is InChI=1S/C15H9Cl2N3O3/c16-8-5-6-12-10(7-8)13(9-3-1-2-4-11(9)17)18-14(21)15(22)20(12)19-23/h1-7,14,21H. The van der Waals surface area contributed by atoms with Crippen LogP contribution in [0, 0.1) is 4.91 Å². The second-order valence-corrected chi connectivity index (χ2v) is 5.57. The smallest absolute Gasteiger partial charge is 0.301 e. The minimum absolute atomic E-state index is 0.171. The summed E-state index contributed by atoms with van der Waals surface area (Å²) in [5.74, 6) is -0.953. The molecule has 3 rings (SSSR count). The van der Waals surface area contributed by atoms with E-state index in [2.05, 4.69) is 10.3 Å². The van der Waals surface area contributed by atoms with Gasteiger partial charge in [0.1, 0.15) is 0 Å². The van der Waals surface area contributed by atoms with Gasteiger partial charge in [0.15, 0.2) is 0 Å². The summed E-state index contributed by atoms with van der Waals surface area (Å²) in [5, 5.41) is 14.0. The van der Waals surface area contributed by atoms with Gasteiger partial charge >= 0.3 is 5.91 Å². The molecule has 1 amide bonds. The quantitative estimate of drug-likeness (QED) is 0.845. The molecule has 1 heterocycles. The van der Waals surface area contributed by atoms with E-state index in [1.54, 1.807) is 24.3 Å². The number of fused-ring (bicyclic) bond motifs is 1. The minimum Gasteiger partial charge on any atom is -0.364 e. The molecule has 1 atom stereocenters. The van der Waals surface area contributed by atoms with Crippen LogP contribution in [0.3, 0.4) is 0 Å². The highest BCUT2D eigenvalue weighted by Gasteiger charge is 2.32. The fraction of sp³-hybridized carbons (Fsp3) is 0.0667. The van der Waals surface area contributed by atoms with E-state index in [1.165, 1.54) is 18.2 Å². The maximum atomic E-state index is 12.1. The molecule has 1 aliphatic rings. The third-order valence-corrected chi connectivity index (χ3v) is 3.90. The number of anilines is 1. The Morgan fingerprint density at radius 1 is 1.13 bits per heavy atom. The largest absolute Gasteiger partial charge is 0.364 e. The predicted molar refractivity (Wildman–Crippen MR) is 87.8 cm³/mol. The Morgan fingerprint density at radius 2 is 1.87 bits per heavy atom. The molecular weight excluding hydrogens is 341 g/mol. The van der Waals surface area contributed by atoms with Crippen LogP contribution in [-0.2, 0) is 4.79 Å². The van der Waals surface area contributed by atoms with Crippen molar-refractivity contribution in [1.82, 2.24) is 0 Å². The molecule has 0 aromatic heterocycles. The molecule has 0 saturated heterocycles. The van der Waals surface area contributed by atoms with E-state index >= 15 is 0 Å². The number of carbonyl (C=O) groups excluding carboxylic acids is 1. The number of benzodiazepines with no additional fused rings is 1. The summed E-state index contributed by atoms with van der Waals surface area (Å²) in [6.07, 6.45) is -1.77. The highest BCUT2D eigenvalue weighted by molar-refractivity contribution is 6.37. The summed E-state index contributed by atoms with van der Waals surface area (Å²) < 4.78 is 0. The van der Waals surface area contributed by atoms with E-state index in [1.807, 2.05) is 0 Å². The fourth-order valence-electron chi connectivity index (χ4n) is 2.31. The fourth-order valence-corrected chi connectivity index (χ4v) is 2.71. The van der Waals surface area contributed by atoms with E-state index in [0.717, 1.165) is 0 Å². The first-order chi connectivity index (χ1) is 11.0. The normalized spacial score (nSPS) is 17.3. The predicted octanol–water partition coefficient (Wildman–Crippen LogP) is 3.18. The van der Waals surface area contributed by atoms with Gasteiger partial charge in [-0.2, -0.15) is 5.01 Å². The van der Waals surface area contributed by atoms with Crippen molar-refractivity contribution >= 4 is 40.5 Å². The topological polar surface area (TPSA) is 82.3 Å². The van der Waals surface area contributed by atoms with Gasteiger partial charge in [-0.15, -0.1) is 4.91 Å². The van der Waals surface area contributed by atoms with Crippen LogP contribution in [0.1, 0.15) is 11.1 Å². The maximum absolute atomic E-state index is 12.1. The number of amides is 1. The zero-order valence-electron chi connectivity index (χ0n) is 11.5. The van der Waals surface area contributed by atoms with Gasteiger partial charge in [0.25, 0.3) is 0 Å². The molecule has 2 aromatic carbocycles. The van der Waals surface area contributed by atoms with E-state index in [9.17, 15) is 14.8 Å². The minimum atomic E-state index is -1.77. The van der Waals surface area contributed by atoms with Crippen LogP contribution in [-0.4, -0.2) is 23.0 Å². The Kier molecular flexibility index (Phi) is 4.12. The average molecular weight is 350 g/mol. The Morgan fingerprint density at radius 3 is 2.57 bits per heavy atom. The molecule has 0 fully saturated rings. The molecule has 6 nitrogen and oxygen atoms in total. The van der Waals surface area contributed by atoms with Gasteiger partial charge in [-0.25, -0.2) is 4.99 Å². The number of aliphatic hydroxyl groups excluding tert-OH is 1. The molecule has 116 valence electrons. The molecule has 0 radical (unpaired) electrons. The van der Waals surface area contributed by atoms with Gasteiger partial charge in [0.2, 0.25) is 6.23 Å². The van der Waals surface area contributed by atoms with Crippen molar-refractivity contribution in [2.24, 2.45) is 10.3 Å². The van der Waals surface area contributed by atoms with Crippen LogP contribution >= 0.6 is 23.2 Å². The van der Waals surface area contributed by atoms with E-state index in [4.69, 9.17) is 23.2 Å². The monoisotopic (exact) mass is 349 g/mol. The molecule has 0 saturated carbocycles. The van der Waals surface area contributed by atoms with Crippen molar-refractivity contribution in [3.63, 3.8) is 0 Å². The van der Waals surface area contributed by atoms with Gasteiger partial charge in [0, 0.05) is 21.2 Å². The number of hydrogen-bond donors (Lipinski definition) is 1. The summed E-state index contributed by atoms with van der Waals surface area (Å²) in [7, 11) is 0. The van der Waals surface area contributed by atoms with Crippen LogP contribution in [0.15, 0.2) is 52.7 Å². The third kappa shape index (κ3) is 2.72. The summed E-state index contributed by atoms with van der Waals surface area (Å²) in [4.78, 5) is 27.2. The van der Waals surface area contributed by atoms with E-state index in [0.29, 0.717) is 26.2 Å². The van der Waals surface area contributed by atoms with E-state index < -0.39 is 12.1 Å². The second-order valence-electron chi connectivity index (χ2n) is 4.72. The molecule has 2 aromatic rings. The lowest BCUT2D eigenvalue weighted by atomic mass is 10.0. The van der Waals surface area contributed by atoms with Crippen molar-refractivity contribution in [3.05, 3.63) is 68.5 Å². The number of aliphatic imine (C=N–C) groups is 1. The summed E-state index contributed by atoms with van der Waals surface area (Å²) >= 11 is 12.2. The lowest BCUT2D eigenvalue weighted by Crippen LogP contribution is -2.33. The Hall–Kier alpha value is -2.28. The van der Waals surface area contributed by atoms with Crippen molar-refractivity contribution in [2.45, 2.75) is 6.23 Å². The summed E-state index contributed by atoms with van der Waals surface area (Å²) in [5.41, 5.74) is 1.29. The average Bonchev–Trinajstić information content (AvgIpc) is 2.64. The first-order valence-electron chi connectivity index (χ1n) is 6.51.